The predicted octanol–water partition coefficient (Wildman–Crippen LogP) is 2.41. The number of hydrogen-bond donors (Lipinski definition) is 1. The molecule has 0 spiro atoms. The molecule has 5 nitrogen and oxygen atoms in total. The Morgan fingerprint density at radius 2 is 2.00 bits per heavy atom. The molecule has 0 radical (unpaired) electrons. The molecule has 0 saturated heterocycles. The zero-order chi connectivity index (χ0) is 14.6. The minimum Gasteiger partial charge on any atom is -0.369 e. The Labute approximate surface area is 115 Å². The first-order chi connectivity index (χ1) is 8.70. The molecule has 1 N–H and O–H groups in total. The summed E-state index contributed by atoms with van der Waals surface area (Å²) < 4.78 is 0. The van der Waals surface area contributed by atoms with Crippen molar-refractivity contribution in [2.75, 3.05) is 23.8 Å². The van der Waals surface area contributed by atoms with Crippen LogP contribution in [0.15, 0.2) is 6.07 Å². The number of ketones is 1. The average molecular weight is 264 g/mol. The highest BCUT2D eigenvalue weighted by Gasteiger charge is 2.19. The Kier molecular flexibility index (Phi) is 4.86. The maximum Gasteiger partial charge on any atom is 0.134 e. The van der Waals surface area contributed by atoms with Crippen LogP contribution in [0.5, 0.6) is 0 Å². The lowest BCUT2D eigenvalue weighted by atomic mass is 10.1. The van der Waals surface area contributed by atoms with Gasteiger partial charge >= 0.3 is 0 Å². The maximum atomic E-state index is 10.9. The molecule has 0 atom stereocenters. The van der Waals surface area contributed by atoms with Crippen molar-refractivity contribution in [2.45, 2.75) is 46.6 Å². The number of anilines is 2. The molecular formula is C14H24N4O. The van der Waals surface area contributed by atoms with E-state index in [9.17, 15) is 4.79 Å². The second kappa shape index (κ2) is 5.99. The highest BCUT2D eigenvalue weighted by Crippen LogP contribution is 2.21. The van der Waals surface area contributed by atoms with Crippen LogP contribution in [-0.4, -0.2) is 34.9 Å². The van der Waals surface area contributed by atoms with Crippen LogP contribution in [-0.2, 0) is 4.79 Å². The number of nitrogens with zero attached hydrogens (tertiary/aromatic N) is 3. The van der Waals surface area contributed by atoms with Crippen LogP contribution in [0.4, 0.5) is 11.6 Å². The van der Waals surface area contributed by atoms with Gasteiger partial charge in [-0.2, -0.15) is 0 Å². The van der Waals surface area contributed by atoms with E-state index in [0.717, 1.165) is 17.5 Å². The Hall–Kier alpha value is -1.65. The molecule has 1 rings (SSSR count). The second-order valence-corrected chi connectivity index (χ2v) is 5.77. The molecule has 0 amide bonds. The Balaban J connectivity index is 2.85. The molecule has 1 aromatic heterocycles. The molecule has 0 saturated carbocycles. The molecule has 0 aliphatic carbocycles. The van der Waals surface area contributed by atoms with Crippen molar-refractivity contribution in [3.63, 3.8) is 0 Å². The minimum atomic E-state index is -0.00253. The van der Waals surface area contributed by atoms with E-state index < -0.39 is 0 Å². The summed E-state index contributed by atoms with van der Waals surface area (Å²) in [6, 6.07) is 1.92. The van der Waals surface area contributed by atoms with Crippen molar-refractivity contribution in [3.8, 4) is 0 Å². The molecular weight excluding hydrogens is 240 g/mol. The highest BCUT2D eigenvalue weighted by atomic mass is 16.1. The summed E-state index contributed by atoms with van der Waals surface area (Å²) in [5, 5.41) is 3.16. The topological polar surface area (TPSA) is 58.1 Å². The third-order valence-electron chi connectivity index (χ3n) is 2.96. The van der Waals surface area contributed by atoms with Gasteiger partial charge in [0, 0.05) is 31.6 Å². The van der Waals surface area contributed by atoms with Gasteiger partial charge in [-0.3, -0.25) is 4.79 Å². The molecule has 5 heteroatoms. The predicted molar refractivity (Wildman–Crippen MR) is 78.7 cm³/mol. The third kappa shape index (κ3) is 4.85. The number of nitrogens with one attached hydrogen (secondary N) is 1. The number of carbonyl (C=O) groups excluding carboxylic acids is 1. The SMILES string of the molecule is CC(=O)CCNc1cc(N(C)C(C)(C)C)nc(C)n1. The van der Waals surface area contributed by atoms with Crippen LogP contribution >= 0.6 is 0 Å². The Morgan fingerprint density at radius 3 is 2.53 bits per heavy atom. The summed E-state index contributed by atoms with van der Waals surface area (Å²) in [7, 11) is 2.02. The number of Topliss-reactive ketones (excluding diaryl/α,β-unsaturated/α-hetero) is 1. The van der Waals surface area contributed by atoms with E-state index in [0.29, 0.717) is 13.0 Å². The summed E-state index contributed by atoms with van der Waals surface area (Å²) in [6.07, 6.45) is 0.507. The molecule has 0 aliphatic rings. The van der Waals surface area contributed by atoms with Gasteiger partial charge in [-0.05, 0) is 34.6 Å². The van der Waals surface area contributed by atoms with Crippen LogP contribution in [0.25, 0.3) is 0 Å². The van der Waals surface area contributed by atoms with Gasteiger partial charge in [0.05, 0.1) is 0 Å². The molecule has 0 bridgehead atoms. The minimum absolute atomic E-state index is 0.00253. The third-order valence-corrected chi connectivity index (χ3v) is 2.96. The largest absolute Gasteiger partial charge is 0.369 e. The first-order valence-corrected chi connectivity index (χ1v) is 6.53. The number of carbonyl (C=O) groups is 1. The van der Waals surface area contributed by atoms with E-state index in [1.807, 2.05) is 20.0 Å². The summed E-state index contributed by atoms with van der Waals surface area (Å²) >= 11 is 0. The molecule has 0 aromatic carbocycles. The molecule has 106 valence electrons. The van der Waals surface area contributed by atoms with Crippen LogP contribution < -0.4 is 10.2 Å². The van der Waals surface area contributed by atoms with Crippen molar-refractivity contribution < 1.29 is 4.79 Å². The van der Waals surface area contributed by atoms with Gasteiger partial charge in [0.25, 0.3) is 0 Å². The van der Waals surface area contributed by atoms with Gasteiger partial charge < -0.3 is 10.2 Å². The lowest BCUT2D eigenvalue weighted by molar-refractivity contribution is -0.116. The van der Waals surface area contributed by atoms with Crippen LogP contribution in [0.3, 0.4) is 0 Å². The Morgan fingerprint density at radius 1 is 1.37 bits per heavy atom. The summed E-state index contributed by atoms with van der Waals surface area (Å²) in [5.74, 6) is 2.54. The van der Waals surface area contributed by atoms with Crippen molar-refractivity contribution in [1.82, 2.24) is 9.97 Å². The van der Waals surface area contributed by atoms with E-state index in [-0.39, 0.29) is 11.3 Å². The van der Waals surface area contributed by atoms with Gasteiger partial charge in [-0.15, -0.1) is 0 Å². The fraction of sp³-hybridized carbons (Fsp3) is 0.643. The first kappa shape index (κ1) is 15.4. The van der Waals surface area contributed by atoms with Crippen molar-refractivity contribution in [3.05, 3.63) is 11.9 Å². The fourth-order valence-electron chi connectivity index (χ4n) is 1.52. The standard InChI is InChI=1S/C14H24N4O/c1-10(19)7-8-15-12-9-13(17-11(2)16-12)18(6)14(3,4)5/h9H,7-8H2,1-6H3,(H,15,16,17). The normalized spacial score (nSPS) is 11.3. The summed E-state index contributed by atoms with van der Waals surface area (Å²) in [6.45, 7) is 10.5. The van der Waals surface area contributed by atoms with Gasteiger partial charge in [0.2, 0.25) is 0 Å². The van der Waals surface area contributed by atoms with Crippen molar-refractivity contribution in [2.24, 2.45) is 0 Å². The van der Waals surface area contributed by atoms with E-state index in [2.05, 4.69) is 41.0 Å². The van der Waals surface area contributed by atoms with Gasteiger partial charge in [0.1, 0.15) is 23.2 Å². The molecule has 0 aliphatic heterocycles. The van der Waals surface area contributed by atoms with E-state index in [1.54, 1.807) is 6.92 Å². The van der Waals surface area contributed by atoms with Crippen LogP contribution in [0.2, 0.25) is 0 Å². The van der Waals surface area contributed by atoms with E-state index in [1.165, 1.54) is 0 Å². The summed E-state index contributed by atoms with van der Waals surface area (Å²) in [5.41, 5.74) is -0.00253. The molecule has 0 unspecified atom stereocenters. The molecule has 1 aromatic rings. The highest BCUT2D eigenvalue weighted by molar-refractivity contribution is 5.76. The van der Waals surface area contributed by atoms with E-state index >= 15 is 0 Å². The summed E-state index contributed by atoms with van der Waals surface area (Å²) in [4.78, 5) is 21.8. The Bertz CT molecular complexity index is 451. The monoisotopic (exact) mass is 264 g/mol. The van der Waals surface area contributed by atoms with Crippen LogP contribution in [0, 0.1) is 6.92 Å². The van der Waals surface area contributed by atoms with Crippen molar-refractivity contribution >= 4 is 17.4 Å². The van der Waals surface area contributed by atoms with E-state index in [4.69, 9.17) is 0 Å². The zero-order valence-electron chi connectivity index (χ0n) is 12.7. The number of rotatable bonds is 5. The first-order valence-electron chi connectivity index (χ1n) is 6.53. The van der Waals surface area contributed by atoms with Gasteiger partial charge in [-0.25, -0.2) is 9.97 Å². The van der Waals surface area contributed by atoms with Gasteiger partial charge in [0.15, 0.2) is 0 Å². The lowest BCUT2D eigenvalue weighted by Crippen LogP contribution is -2.38. The molecule has 0 fully saturated rings. The number of aryl methyl sites for hydroxylation is 1. The smallest absolute Gasteiger partial charge is 0.134 e. The zero-order valence-corrected chi connectivity index (χ0v) is 12.7. The number of hydrogen-bond acceptors (Lipinski definition) is 5. The fourth-order valence-corrected chi connectivity index (χ4v) is 1.52. The maximum absolute atomic E-state index is 10.9. The van der Waals surface area contributed by atoms with Gasteiger partial charge in [-0.1, -0.05) is 0 Å². The quantitative estimate of drug-likeness (QED) is 0.885. The van der Waals surface area contributed by atoms with Crippen molar-refractivity contribution in [1.29, 1.82) is 0 Å². The average Bonchev–Trinajstić information content (AvgIpc) is 2.25. The molecule has 1 heterocycles. The number of aromatic nitrogens is 2. The lowest BCUT2D eigenvalue weighted by Gasteiger charge is -2.33. The second-order valence-electron chi connectivity index (χ2n) is 5.77. The molecule has 19 heavy (non-hydrogen) atoms. The van der Waals surface area contributed by atoms with Crippen LogP contribution in [0.1, 0.15) is 39.9 Å².